The number of alkyl halides is 3. The van der Waals surface area contributed by atoms with E-state index in [4.69, 9.17) is 0 Å². The fraction of sp³-hybridized carbons (Fsp3) is 0.458. The van der Waals surface area contributed by atoms with E-state index >= 15 is 0 Å². The summed E-state index contributed by atoms with van der Waals surface area (Å²) >= 11 is -0.227. The Hall–Kier alpha value is -3.17. The van der Waals surface area contributed by atoms with Gasteiger partial charge in [0.15, 0.2) is 0 Å². The van der Waals surface area contributed by atoms with Crippen molar-refractivity contribution in [3.8, 4) is 11.8 Å². The third-order valence-corrected chi connectivity index (χ3v) is 7.93. The van der Waals surface area contributed by atoms with Crippen molar-refractivity contribution in [2.24, 2.45) is 7.05 Å². The molecule has 3 aliphatic rings. The van der Waals surface area contributed by atoms with Crippen molar-refractivity contribution in [2.75, 3.05) is 26.0 Å². The zero-order chi connectivity index (χ0) is 25.7. The lowest BCUT2D eigenvalue weighted by Gasteiger charge is -2.51. The molecule has 0 unspecified atom stereocenters. The van der Waals surface area contributed by atoms with Gasteiger partial charge in [0.2, 0.25) is 0 Å². The Labute approximate surface area is 210 Å². The van der Waals surface area contributed by atoms with E-state index in [-0.39, 0.29) is 45.9 Å². The van der Waals surface area contributed by atoms with Crippen molar-refractivity contribution in [2.45, 2.75) is 47.2 Å². The molecule has 3 aromatic heterocycles. The van der Waals surface area contributed by atoms with Crippen LogP contribution in [0.5, 0.6) is 0 Å². The molecule has 3 saturated carbocycles. The Kier molecular flexibility index (Phi) is 5.95. The number of aryl methyl sites for hydroxylation is 1. The lowest BCUT2D eigenvalue weighted by atomic mass is 9.70. The molecule has 12 heteroatoms. The van der Waals surface area contributed by atoms with Crippen LogP contribution in [0.15, 0.2) is 35.5 Å². The van der Waals surface area contributed by atoms with Crippen LogP contribution in [0.4, 0.5) is 19.0 Å². The number of carbonyl (C=O) groups excluding carboxylic acids is 1. The number of amides is 1. The van der Waals surface area contributed by atoms with Crippen LogP contribution in [0.2, 0.25) is 0 Å². The van der Waals surface area contributed by atoms with Crippen molar-refractivity contribution in [1.82, 2.24) is 29.6 Å². The number of pyridine rings is 1. The molecule has 0 radical (unpaired) electrons. The number of nitrogens with one attached hydrogen (secondary N) is 2. The molecule has 1 amide bonds. The Morgan fingerprint density at radius 1 is 1.28 bits per heavy atom. The van der Waals surface area contributed by atoms with Crippen LogP contribution >= 0.6 is 11.8 Å². The summed E-state index contributed by atoms with van der Waals surface area (Å²) < 4.78 is 43.3. The molecule has 0 aromatic carbocycles. The van der Waals surface area contributed by atoms with Gasteiger partial charge >= 0.3 is 5.51 Å². The molecule has 0 spiro atoms. The largest absolute Gasteiger partial charge is 0.446 e. The highest BCUT2D eigenvalue weighted by Crippen LogP contribution is 2.58. The van der Waals surface area contributed by atoms with Crippen LogP contribution in [0.1, 0.15) is 41.7 Å². The maximum Gasteiger partial charge on any atom is 0.446 e. The zero-order valence-corrected chi connectivity index (χ0v) is 20.9. The molecule has 36 heavy (non-hydrogen) atoms. The number of hydrogen-bond donors (Lipinski definition) is 2. The van der Waals surface area contributed by atoms with E-state index in [1.807, 2.05) is 6.07 Å². The average Bonchev–Trinajstić information content (AvgIpc) is 3.53. The van der Waals surface area contributed by atoms with Crippen LogP contribution in [-0.4, -0.2) is 67.4 Å². The average molecular weight is 518 g/mol. The van der Waals surface area contributed by atoms with E-state index < -0.39 is 5.51 Å². The van der Waals surface area contributed by atoms with E-state index in [9.17, 15) is 18.0 Å². The molecule has 8 nitrogen and oxygen atoms in total. The standard InChI is InChI=1S/C24H26F3N7OS/c1-32(2)23-10-9-22(14-23,15-23)30-19-8-4-7-18-20(36-24(25,26)27)17(31-34(18)19)6-5-11-28-21(35)16-12-29-33(3)13-16/h4,7-8,12-13,30H,9-11,14-15H2,1-3H3,(H,28,35). The lowest BCUT2D eigenvalue weighted by Crippen LogP contribution is -2.59. The monoisotopic (exact) mass is 517 g/mol. The summed E-state index contributed by atoms with van der Waals surface area (Å²) in [5.41, 5.74) is -3.66. The zero-order valence-electron chi connectivity index (χ0n) is 20.1. The molecule has 2 N–H and O–H groups in total. The van der Waals surface area contributed by atoms with Gasteiger partial charge in [0, 0.05) is 24.3 Å². The van der Waals surface area contributed by atoms with Crippen molar-refractivity contribution in [3.05, 3.63) is 41.9 Å². The molecule has 3 aliphatic carbocycles. The molecule has 0 atom stereocenters. The molecule has 2 bridgehead atoms. The summed E-state index contributed by atoms with van der Waals surface area (Å²) in [5.74, 6) is 5.73. The predicted molar refractivity (Wildman–Crippen MR) is 131 cm³/mol. The normalized spacial score (nSPS) is 22.9. The number of thioether (sulfide) groups is 1. The van der Waals surface area contributed by atoms with Crippen LogP contribution in [-0.2, 0) is 7.05 Å². The Morgan fingerprint density at radius 3 is 2.69 bits per heavy atom. The van der Waals surface area contributed by atoms with Crippen LogP contribution in [0.3, 0.4) is 0 Å². The highest BCUT2D eigenvalue weighted by Gasteiger charge is 2.62. The van der Waals surface area contributed by atoms with E-state index in [1.165, 1.54) is 15.4 Å². The minimum absolute atomic E-state index is 0.0161. The van der Waals surface area contributed by atoms with Gasteiger partial charge in [-0.25, -0.2) is 4.52 Å². The molecule has 3 heterocycles. The number of rotatable bonds is 6. The van der Waals surface area contributed by atoms with Gasteiger partial charge in [-0.1, -0.05) is 12.0 Å². The summed E-state index contributed by atoms with van der Waals surface area (Å²) in [7, 11) is 5.88. The molecule has 190 valence electrons. The molecular formula is C24H26F3N7OS. The molecular weight excluding hydrogens is 491 g/mol. The van der Waals surface area contributed by atoms with Crippen molar-refractivity contribution in [1.29, 1.82) is 0 Å². The number of aromatic nitrogens is 4. The maximum absolute atomic E-state index is 13.4. The van der Waals surface area contributed by atoms with Gasteiger partial charge in [-0.2, -0.15) is 23.4 Å². The van der Waals surface area contributed by atoms with Gasteiger partial charge in [0.1, 0.15) is 11.5 Å². The number of halogens is 3. The van der Waals surface area contributed by atoms with Gasteiger partial charge in [0.05, 0.1) is 28.7 Å². The number of anilines is 1. The summed E-state index contributed by atoms with van der Waals surface area (Å²) in [6, 6.07) is 5.17. The summed E-state index contributed by atoms with van der Waals surface area (Å²) in [5, 5.41) is 14.6. The van der Waals surface area contributed by atoms with E-state index in [0.717, 1.165) is 25.7 Å². The second-order valence-corrected chi connectivity index (χ2v) is 10.8. The fourth-order valence-electron chi connectivity index (χ4n) is 5.33. The van der Waals surface area contributed by atoms with E-state index in [1.54, 1.807) is 25.4 Å². The Balaban J connectivity index is 1.40. The van der Waals surface area contributed by atoms with Gasteiger partial charge in [0.25, 0.3) is 5.91 Å². The first kappa shape index (κ1) is 24.5. The fourth-order valence-corrected chi connectivity index (χ4v) is 6.01. The molecule has 3 aromatic rings. The Morgan fingerprint density at radius 2 is 2.06 bits per heavy atom. The first-order valence-corrected chi connectivity index (χ1v) is 12.3. The highest BCUT2D eigenvalue weighted by atomic mass is 32.2. The first-order valence-electron chi connectivity index (χ1n) is 11.5. The van der Waals surface area contributed by atoms with Crippen LogP contribution in [0.25, 0.3) is 5.52 Å². The molecule has 6 rings (SSSR count). The third kappa shape index (κ3) is 4.53. The van der Waals surface area contributed by atoms with Crippen LogP contribution < -0.4 is 10.6 Å². The van der Waals surface area contributed by atoms with Gasteiger partial charge in [-0.3, -0.25) is 9.48 Å². The SMILES string of the molecule is CN(C)C12CCC(Nc3cccc4c(SC(F)(F)F)c(C#CCNC(=O)c5cnn(C)c5)nn34)(C1)C2. The van der Waals surface area contributed by atoms with E-state index in [2.05, 4.69) is 51.7 Å². The second-order valence-electron chi connectivity index (χ2n) is 9.70. The predicted octanol–water partition coefficient (Wildman–Crippen LogP) is 3.50. The summed E-state index contributed by atoms with van der Waals surface area (Å²) in [6.45, 7) is -0.0431. The summed E-state index contributed by atoms with van der Waals surface area (Å²) in [4.78, 5) is 14.4. The molecule has 0 aliphatic heterocycles. The minimum atomic E-state index is -4.50. The molecule has 3 fully saturated rings. The highest BCUT2D eigenvalue weighted by molar-refractivity contribution is 8.00. The first-order chi connectivity index (χ1) is 17.0. The number of nitrogens with zero attached hydrogens (tertiary/aromatic N) is 5. The maximum atomic E-state index is 13.4. The number of hydrogen-bond acceptors (Lipinski definition) is 6. The second kappa shape index (κ2) is 8.74. The number of fused-ring (bicyclic) bond motifs is 2. The van der Waals surface area contributed by atoms with Gasteiger partial charge in [-0.15, -0.1) is 0 Å². The lowest BCUT2D eigenvalue weighted by molar-refractivity contribution is -0.0327. The smallest absolute Gasteiger partial charge is 0.364 e. The topological polar surface area (TPSA) is 79.5 Å². The number of carbonyl (C=O) groups is 1. The minimum Gasteiger partial charge on any atom is -0.364 e. The van der Waals surface area contributed by atoms with Gasteiger partial charge in [-0.05, 0) is 69.6 Å². The Bertz CT molecular complexity index is 1380. The van der Waals surface area contributed by atoms with E-state index in [0.29, 0.717) is 16.9 Å². The van der Waals surface area contributed by atoms with Crippen molar-refractivity contribution < 1.29 is 18.0 Å². The third-order valence-electron chi connectivity index (χ3n) is 7.09. The molecule has 0 saturated heterocycles. The van der Waals surface area contributed by atoms with Gasteiger partial charge < -0.3 is 15.5 Å². The van der Waals surface area contributed by atoms with Crippen molar-refractivity contribution in [3.63, 3.8) is 0 Å². The summed E-state index contributed by atoms with van der Waals surface area (Å²) in [6.07, 6.45) is 7.03. The quantitative estimate of drug-likeness (QED) is 0.385. The van der Waals surface area contributed by atoms with Crippen LogP contribution in [0, 0.1) is 11.8 Å². The van der Waals surface area contributed by atoms with Crippen molar-refractivity contribution >= 4 is 29.0 Å².